The summed E-state index contributed by atoms with van der Waals surface area (Å²) in [5.41, 5.74) is 0.517. The lowest BCUT2D eigenvalue weighted by Gasteiger charge is -2.03. The summed E-state index contributed by atoms with van der Waals surface area (Å²) >= 11 is 0. The number of carbonyl (C=O) groups excluding carboxylic acids is 2. The highest BCUT2D eigenvalue weighted by Gasteiger charge is 2.18. The number of nitro groups is 2. The first-order valence-corrected chi connectivity index (χ1v) is 8.33. The Morgan fingerprint density at radius 3 is 2.00 bits per heavy atom. The second-order valence-electron chi connectivity index (χ2n) is 5.94. The van der Waals surface area contributed by atoms with Gasteiger partial charge in [0.1, 0.15) is 11.4 Å². The molecule has 3 aromatic rings. The lowest BCUT2D eigenvalue weighted by Crippen LogP contribution is -2.17. The zero-order valence-corrected chi connectivity index (χ0v) is 15.3. The van der Waals surface area contributed by atoms with E-state index < -0.39 is 21.8 Å². The van der Waals surface area contributed by atoms with Crippen LogP contribution in [0.15, 0.2) is 54.7 Å². The van der Waals surface area contributed by atoms with Crippen LogP contribution in [0.25, 0.3) is 11.3 Å². The summed E-state index contributed by atoms with van der Waals surface area (Å²) in [6, 6.07) is 10.3. The first kappa shape index (κ1) is 20.1. The lowest BCUT2D eigenvalue weighted by molar-refractivity contribution is -0.385. The minimum atomic E-state index is -0.927. The fraction of sp³-hybridized carbons (Fsp3) is 0.0556. The van der Waals surface area contributed by atoms with Crippen molar-refractivity contribution in [3.63, 3.8) is 0 Å². The number of hydrogen-bond acceptors (Lipinski definition) is 8. The van der Waals surface area contributed by atoms with Gasteiger partial charge in [0.25, 0.3) is 11.4 Å². The van der Waals surface area contributed by atoms with Crippen molar-refractivity contribution >= 4 is 29.1 Å². The first-order valence-electron chi connectivity index (χ1n) is 8.33. The Bertz CT molecular complexity index is 1140. The van der Waals surface area contributed by atoms with E-state index >= 15 is 0 Å². The fourth-order valence-corrected chi connectivity index (χ4v) is 2.49. The van der Waals surface area contributed by atoms with Gasteiger partial charge in [-0.3, -0.25) is 25.0 Å². The average Bonchev–Trinajstić information content (AvgIpc) is 3.11. The molecule has 0 aliphatic carbocycles. The molecule has 1 aromatic heterocycles. The molecule has 2 aromatic carbocycles. The predicted octanol–water partition coefficient (Wildman–Crippen LogP) is 3.37. The van der Waals surface area contributed by atoms with Crippen molar-refractivity contribution in [2.24, 2.45) is 0 Å². The summed E-state index contributed by atoms with van der Waals surface area (Å²) < 4.78 is 5.97. The molecule has 0 saturated carbocycles. The third-order valence-electron chi connectivity index (χ3n) is 3.82. The maximum Gasteiger partial charge on any atom is 0.440 e. The van der Waals surface area contributed by atoms with E-state index in [9.17, 15) is 29.8 Å². The second kappa shape index (κ2) is 8.18. The normalized spacial score (nSPS) is 10.3. The third-order valence-corrected chi connectivity index (χ3v) is 3.82. The molecule has 0 unspecified atom stereocenters. The second-order valence-corrected chi connectivity index (χ2v) is 5.94. The van der Waals surface area contributed by atoms with Crippen LogP contribution >= 0.6 is 0 Å². The predicted molar refractivity (Wildman–Crippen MR) is 103 cm³/mol. The topological polar surface area (TPSA) is 160 Å². The van der Waals surface area contributed by atoms with Gasteiger partial charge < -0.3 is 10.1 Å². The van der Waals surface area contributed by atoms with E-state index in [4.69, 9.17) is 4.74 Å². The summed E-state index contributed by atoms with van der Waals surface area (Å²) in [6.07, 6.45) is 0.301. The first-order chi connectivity index (χ1) is 14.2. The van der Waals surface area contributed by atoms with Crippen LogP contribution < -0.4 is 10.1 Å². The van der Waals surface area contributed by atoms with Crippen molar-refractivity contribution in [3.05, 3.63) is 75.0 Å². The number of carbonyl (C=O) groups is 2. The number of ether oxygens (including phenoxy) is 1. The van der Waals surface area contributed by atoms with Crippen LogP contribution in [0, 0.1) is 20.2 Å². The minimum absolute atomic E-state index is 0.0547. The Morgan fingerprint density at radius 1 is 0.967 bits per heavy atom. The van der Waals surface area contributed by atoms with Crippen LogP contribution in [0.2, 0.25) is 0 Å². The molecule has 1 N–H and O–H groups in total. The molecule has 0 aliphatic rings. The molecule has 1 heterocycles. The number of anilines is 1. The SMILES string of the molecule is CC(=O)Nc1cn(C(=O)Oc2ccc([N+](=O)[O-])cc2)nc1-c1ccc([N+](=O)[O-])cc1. The largest absolute Gasteiger partial charge is 0.440 e. The maximum atomic E-state index is 12.4. The van der Waals surface area contributed by atoms with Crippen LogP contribution in [-0.2, 0) is 4.79 Å². The van der Waals surface area contributed by atoms with Gasteiger partial charge in [-0.15, -0.1) is 0 Å². The van der Waals surface area contributed by atoms with Gasteiger partial charge in [-0.1, -0.05) is 0 Å². The third kappa shape index (κ3) is 4.44. The molecule has 12 heteroatoms. The van der Waals surface area contributed by atoms with Gasteiger partial charge in [-0.05, 0) is 24.3 Å². The maximum absolute atomic E-state index is 12.4. The van der Waals surface area contributed by atoms with Gasteiger partial charge in [0.2, 0.25) is 5.91 Å². The standard InChI is InChI=1S/C18H13N5O7/c1-11(24)19-16-10-21(18(25)30-15-8-6-14(7-9-15)23(28)29)20-17(16)12-2-4-13(5-3-12)22(26)27/h2-10H,1H3,(H,19,24). The molecule has 0 aliphatic heterocycles. The van der Waals surface area contributed by atoms with E-state index in [-0.39, 0.29) is 28.5 Å². The van der Waals surface area contributed by atoms with Crippen molar-refractivity contribution in [1.29, 1.82) is 0 Å². The molecule has 1 amide bonds. The molecule has 0 radical (unpaired) electrons. The van der Waals surface area contributed by atoms with Gasteiger partial charge >= 0.3 is 6.09 Å². The molecule has 152 valence electrons. The molecule has 0 fully saturated rings. The average molecular weight is 411 g/mol. The molecule has 30 heavy (non-hydrogen) atoms. The highest BCUT2D eigenvalue weighted by atomic mass is 16.6. The monoisotopic (exact) mass is 411 g/mol. The number of nitrogens with zero attached hydrogens (tertiary/aromatic N) is 4. The molecule has 0 bridgehead atoms. The smallest absolute Gasteiger partial charge is 0.409 e. The van der Waals surface area contributed by atoms with Gasteiger partial charge in [0.05, 0.1) is 21.7 Å². The number of amides is 1. The van der Waals surface area contributed by atoms with Crippen LogP contribution in [0.3, 0.4) is 0 Å². The Morgan fingerprint density at radius 2 is 1.50 bits per heavy atom. The van der Waals surface area contributed by atoms with Crippen LogP contribution in [0.1, 0.15) is 6.92 Å². The van der Waals surface area contributed by atoms with Crippen molar-refractivity contribution in [1.82, 2.24) is 9.78 Å². The summed E-state index contributed by atoms with van der Waals surface area (Å²) in [7, 11) is 0. The molecule has 0 spiro atoms. The van der Waals surface area contributed by atoms with Crippen LogP contribution in [-0.4, -0.2) is 31.6 Å². The summed E-state index contributed by atoms with van der Waals surface area (Å²) in [5.74, 6) is -0.361. The van der Waals surface area contributed by atoms with Gasteiger partial charge in [0, 0.05) is 36.8 Å². The van der Waals surface area contributed by atoms with E-state index in [1.165, 1.54) is 61.7 Å². The molecular weight excluding hydrogens is 398 g/mol. The highest BCUT2D eigenvalue weighted by Crippen LogP contribution is 2.28. The van der Waals surface area contributed by atoms with Crippen molar-refractivity contribution in [3.8, 4) is 17.0 Å². The Balaban J connectivity index is 1.89. The van der Waals surface area contributed by atoms with Gasteiger partial charge in [0.15, 0.2) is 0 Å². The zero-order chi connectivity index (χ0) is 21.8. The minimum Gasteiger partial charge on any atom is -0.409 e. The van der Waals surface area contributed by atoms with E-state index in [2.05, 4.69) is 10.4 Å². The van der Waals surface area contributed by atoms with Crippen molar-refractivity contribution in [2.45, 2.75) is 6.92 Å². The van der Waals surface area contributed by atoms with Crippen LogP contribution in [0.4, 0.5) is 21.9 Å². The van der Waals surface area contributed by atoms with Gasteiger partial charge in [-0.2, -0.15) is 9.78 Å². The summed E-state index contributed by atoms with van der Waals surface area (Å²) in [4.78, 5) is 44.3. The van der Waals surface area contributed by atoms with Crippen LogP contribution in [0.5, 0.6) is 5.75 Å². The van der Waals surface area contributed by atoms with Crippen molar-refractivity contribution < 1.29 is 24.2 Å². The number of hydrogen-bond donors (Lipinski definition) is 1. The quantitative estimate of drug-likeness (QED) is 0.494. The number of aromatic nitrogens is 2. The van der Waals surface area contributed by atoms with E-state index in [0.717, 1.165) is 4.68 Å². The van der Waals surface area contributed by atoms with Gasteiger partial charge in [-0.25, -0.2) is 4.79 Å². The van der Waals surface area contributed by atoms with E-state index in [1.807, 2.05) is 0 Å². The number of benzene rings is 2. The summed E-state index contributed by atoms with van der Waals surface area (Å²) in [6.45, 7) is 1.27. The fourth-order valence-electron chi connectivity index (χ4n) is 2.49. The molecule has 12 nitrogen and oxygen atoms in total. The Hall–Kier alpha value is -4.61. The van der Waals surface area contributed by atoms with E-state index in [1.54, 1.807) is 0 Å². The highest BCUT2D eigenvalue weighted by molar-refractivity contribution is 5.93. The van der Waals surface area contributed by atoms with E-state index in [0.29, 0.717) is 5.56 Å². The lowest BCUT2D eigenvalue weighted by atomic mass is 10.1. The van der Waals surface area contributed by atoms with Crippen molar-refractivity contribution in [2.75, 3.05) is 5.32 Å². The zero-order valence-electron chi connectivity index (χ0n) is 15.3. The number of rotatable bonds is 5. The Kier molecular flexibility index (Phi) is 5.49. The molecular formula is C18H13N5O7. The number of nitro benzene ring substituents is 2. The number of nitrogens with one attached hydrogen (secondary N) is 1. The molecule has 0 atom stereocenters. The Labute approximate surface area is 168 Å². The number of non-ortho nitro benzene ring substituents is 2. The summed E-state index contributed by atoms with van der Waals surface area (Å²) in [5, 5.41) is 28.1. The molecule has 3 rings (SSSR count). The molecule has 0 saturated heterocycles.